The summed E-state index contributed by atoms with van der Waals surface area (Å²) in [5.74, 6) is -0.125. The number of benzene rings is 1. The van der Waals surface area contributed by atoms with Crippen LogP contribution >= 0.6 is 0 Å². The maximum Gasteiger partial charge on any atom is 0.273 e. The molecule has 0 aliphatic carbocycles. The van der Waals surface area contributed by atoms with Crippen LogP contribution in [0.2, 0.25) is 0 Å². The van der Waals surface area contributed by atoms with E-state index >= 15 is 0 Å². The van der Waals surface area contributed by atoms with Crippen LogP contribution in [0.15, 0.2) is 47.5 Å². The molecule has 1 aromatic carbocycles. The Bertz CT molecular complexity index is 924. The molecule has 0 saturated heterocycles. The van der Waals surface area contributed by atoms with Crippen LogP contribution in [0.3, 0.4) is 0 Å². The summed E-state index contributed by atoms with van der Waals surface area (Å²) >= 11 is 0. The second-order valence-corrected chi connectivity index (χ2v) is 5.67. The van der Waals surface area contributed by atoms with E-state index in [1.165, 1.54) is 16.9 Å². The number of rotatable bonds is 4. The van der Waals surface area contributed by atoms with E-state index in [-0.39, 0.29) is 18.0 Å². The van der Waals surface area contributed by atoms with Gasteiger partial charge in [-0.25, -0.2) is 0 Å². The molecular weight excluding hydrogens is 292 g/mol. The number of nitrogens with one attached hydrogen (secondary N) is 1. The number of hydrogen-bond acceptors (Lipinski definition) is 3. The molecule has 0 fully saturated rings. The molecule has 23 heavy (non-hydrogen) atoms. The lowest BCUT2D eigenvalue weighted by atomic mass is 10.1. The number of hydrogen-bond donors (Lipinski definition) is 1. The van der Waals surface area contributed by atoms with E-state index in [0.29, 0.717) is 12.2 Å². The van der Waals surface area contributed by atoms with Crippen LogP contribution in [0.25, 0.3) is 5.65 Å². The SMILES string of the molecule is Cc1cccc(CNC(=O)Cn2cnn3c(=O)cc(C)cc23)c1. The van der Waals surface area contributed by atoms with Crippen molar-refractivity contribution in [3.05, 3.63) is 69.8 Å². The summed E-state index contributed by atoms with van der Waals surface area (Å²) in [6.45, 7) is 4.46. The molecule has 0 spiro atoms. The first-order valence-electron chi connectivity index (χ1n) is 7.40. The molecule has 0 radical (unpaired) electrons. The molecule has 0 saturated carbocycles. The summed E-state index contributed by atoms with van der Waals surface area (Å²) in [6.07, 6.45) is 1.50. The van der Waals surface area contributed by atoms with E-state index in [4.69, 9.17) is 0 Å². The lowest BCUT2D eigenvalue weighted by Crippen LogP contribution is -2.27. The fourth-order valence-corrected chi connectivity index (χ4v) is 2.52. The zero-order chi connectivity index (χ0) is 16.4. The van der Waals surface area contributed by atoms with Gasteiger partial charge in [0.05, 0.1) is 0 Å². The summed E-state index contributed by atoms with van der Waals surface area (Å²) in [5.41, 5.74) is 3.48. The fraction of sp³-hybridized carbons (Fsp3) is 0.235. The largest absolute Gasteiger partial charge is 0.350 e. The monoisotopic (exact) mass is 310 g/mol. The summed E-state index contributed by atoms with van der Waals surface area (Å²) in [6, 6.07) is 11.3. The Labute approximate surface area is 133 Å². The Morgan fingerprint density at radius 1 is 1.17 bits per heavy atom. The van der Waals surface area contributed by atoms with E-state index < -0.39 is 0 Å². The van der Waals surface area contributed by atoms with E-state index in [1.54, 1.807) is 4.57 Å². The molecule has 6 nitrogen and oxygen atoms in total. The van der Waals surface area contributed by atoms with Gasteiger partial charge in [-0.15, -0.1) is 0 Å². The standard InChI is InChI=1S/C17H18N4O2/c1-12-4-3-5-14(6-12)9-18-15(22)10-20-11-19-21-16(20)7-13(2)8-17(21)23/h3-8,11H,9-10H2,1-2H3,(H,18,22). The number of fused-ring (bicyclic) bond motifs is 1. The van der Waals surface area contributed by atoms with Crippen LogP contribution in [0.1, 0.15) is 16.7 Å². The van der Waals surface area contributed by atoms with E-state index in [2.05, 4.69) is 10.4 Å². The number of aryl methyl sites for hydroxylation is 2. The highest BCUT2D eigenvalue weighted by molar-refractivity contribution is 5.76. The van der Waals surface area contributed by atoms with Crippen LogP contribution in [0.4, 0.5) is 0 Å². The van der Waals surface area contributed by atoms with Crippen molar-refractivity contribution in [1.82, 2.24) is 19.5 Å². The average Bonchev–Trinajstić information content (AvgIpc) is 2.88. The van der Waals surface area contributed by atoms with Crippen molar-refractivity contribution in [2.24, 2.45) is 0 Å². The van der Waals surface area contributed by atoms with Crippen LogP contribution in [0.5, 0.6) is 0 Å². The van der Waals surface area contributed by atoms with Gasteiger partial charge in [-0.2, -0.15) is 9.61 Å². The highest BCUT2D eigenvalue weighted by Gasteiger charge is 2.09. The molecule has 0 aliphatic heterocycles. The first-order valence-corrected chi connectivity index (χ1v) is 7.40. The Balaban J connectivity index is 1.72. The van der Waals surface area contributed by atoms with Gasteiger partial charge in [-0.1, -0.05) is 29.8 Å². The smallest absolute Gasteiger partial charge is 0.273 e. The molecule has 3 rings (SSSR count). The van der Waals surface area contributed by atoms with Gasteiger partial charge in [-0.05, 0) is 31.0 Å². The Hall–Kier alpha value is -2.89. The van der Waals surface area contributed by atoms with Gasteiger partial charge < -0.3 is 9.88 Å². The Morgan fingerprint density at radius 2 is 2.00 bits per heavy atom. The molecule has 0 aliphatic rings. The molecule has 6 heteroatoms. The van der Waals surface area contributed by atoms with Gasteiger partial charge in [0, 0.05) is 12.6 Å². The minimum atomic E-state index is -0.195. The lowest BCUT2D eigenvalue weighted by molar-refractivity contribution is -0.121. The van der Waals surface area contributed by atoms with Crippen molar-refractivity contribution in [3.8, 4) is 0 Å². The number of aromatic nitrogens is 3. The molecule has 118 valence electrons. The fourth-order valence-electron chi connectivity index (χ4n) is 2.52. The van der Waals surface area contributed by atoms with Gasteiger partial charge in [-0.3, -0.25) is 9.59 Å². The van der Waals surface area contributed by atoms with Crippen molar-refractivity contribution in [2.75, 3.05) is 0 Å². The van der Waals surface area contributed by atoms with E-state index in [1.807, 2.05) is 44.2 Å². The summed E-state index contributed by atoms with van der Waals surface area (Å²) in [5, 5.41) is 6.91. The Kier molecular flexibility index (Phi) is 3.97. The zero-order valence-corrected chi connectivity index (χ0v) is 13.1. The molecule has 1 amide bonds. The minimum Gasteiger partial charge on any atom is -0.350 e. The van der Waals surface area contributed by atoms with Crippen molar-refractivity contribution in [3.63, 3.8) is 0 Å². The minimum absolute atomic E-state index is 0.123. The molecule has 0 atom stereocenters. The molecule has 0 unspecified atom stereocenters. The number of carbonyl (C=O) groups is 1. The molecule has 0 bridgehead atoms. The van der Waals surface area contributed by atoms with Crippen LogP contribution < -0.4 is 10.9 Å². The molecular formula is C17H18N4O2. The third-order valence-corrected chi connectivity index (χ3v) is 3.62. The third-order valence-electron chi connectivity index (χ3n) is 3.62. The number of nitrogens with zero attached hydrogens (tertiary/aromatic N) is 3. The summed E-state index contributed by atoms with van der Waals surface area (Å²) in [7, 11) is 0. The highest BCUT2D eigenvalue weighted by Crippen LogP contribution is 2.05. The van der Waals surface area contributed by atoms with Gasteiger partial charge in [0.1, 0.15) is 18.5 Å². The van der Waals surface area contributed by atoms with Gasteiger partial charge in [0.15, 0.2) is 0 Å². The topological polar surface area (TPSA) is 68.4 Å². The first-order chi connectivity index (χ1) is 11.0. The quantitative estimate of drug-likeness (QED) is 0.792. The number of carbonyl (C=O) groups excluding carboxylic acids is 1. The van der Waals surface area contributed by atoms with Crippen molar-refractivity contribution >= 4 is 11.6 Å². The van der Waals surface area contributed by atoms with Crippen LogP contribution in [-0.2, 0) is 17.9 Å². The number of amides is 1. The maximum atomic E-state index is 12.1. The lowest BCUT2D eigenvalue weighted by Gasteiger charge is -2.07. The van der Waals surface area contributed by atoms with Gasteiger partial charge in [0.25, 0.3) is 5.56 Å². The normalized spacial score (nSPS) is 10.9. The maximum absolute atomic E-state index is 12.1. The summed E-state index contributed by atoms with van der Waals surface area (Å²) < 4.78 is 2.96. The van der Waals surface area contributed by atoms with Crippen LogP contribution in [-0.4, -0.2) is 20.1 Å². The zero-order valence-electron chi connectivity index (χ0n) is 13.1. The van der Waals surface area contributed by atoms with Gasteiger partial charge in [0.2, 0.25) is 5.91 Å². The van der Waals surface area contributed by atoms with Crippen molar-refractivity contribution < 1.29 is 4.79 Å². The Morgan fingerprint density at radius 3 is 2.78 bits per heavy atom. The molecule has 1 N–H and O–H groups in total. The van der Waals surface area contributed by atoms with Crippen LogP contribution in [0, 0.1) is 13.8 Å². The second-order valence-electron chi connectivity index (χ2n) is 5.67. The van der Waals surface area contributed by atoms with Crippen molar-refractivity contribution in [1.29, 1.82) is 0 Å². The molecule has 3 aromatic rings. The first kappa shape index (κ1) is 15.0. The van der Waals surface area contributed by atoms with E-state index in [0.717, 1.165) is 16.7 Å². The molecule has 2 heterocycles. The average molecular weight is 310 g/mol. The number of pyridine rings is 1. The van der Waals surface area contributed by atoms with Crippen molar-refractivity contribution in [2.45, 2.75) is 26.9 Å². The molecule has 2 aromatic heterocycles. The predicted molar refractivity (Wildman–Crippen MR) is 87.2 cm³/mol. The highest BCUT2D eigenvalue weighted by atomic mass is 16.2. The summed E-state index contributed by atoms with van der Waals surface area (Å²) in [4.78, 5) is 24.0. The predicted octanol–water partition coefficient (Wildman–Crippen LogP) is 1.43. The second kappa shape index (κ2) is 6.08. The van der Waals surface area contributed by atoms with E-state index in [9.17, 15) is 9.59 Å². The third kappa shape index (κ3) is 3.31. The van der Waals surface area contributed by atoms with Gasteiger partial charge >= 0.3 is 0 Å².